The first-order valence-corrected chi connectivity index (χ1v) is 45.1. The van der Waals surface area contributed by atoms with E-state index >= 15 is 0 Å². The van der Waals surface area contributed by atoms with Crippen LogP contribution in [0.3, 0.4) is 0 Å². The molecule has 0 saturated carbocycles. The van der Waals surface area contributed by atoms with Crippen molar-refractivity contribution in [2.75, 3.05) is 32.8 Å². The number of rotatable bonds is 66. The summed E-state index contributed by atoms with van der Waals surface area (Å²) in [4.78, 5) is 275. The van der Waals surface area contributed by atoms with Crippen LogP contribution < -0.4 is 43.0 Å². The highest BCUT2D eigenvalue weighted by atomic mass is 16.4. The lowest BCUT2D eigenvalue weighted by Gasteiger charge is -2.28. The monoisotopic (exact) mass is 1870 g/mol. The summed E-state index contributed by atoms with van der Waals surface area (Å²) >= 11 is 0. The second-order valence-electron chi connectivity index (χ2n) is 35.1. The minimum atomic E-state index is -2.00. The van der Waals surface area contributed by atoms with Gasteiger partial charge in [0.25, 0.3) is 11.8 Å². The minimum Gasteiger partial charge on any atom is -0.508 e. The Morgan fingerprint density at radius 3 is 1.36 bits per heavy atom. The molecule has 4 aromatic carbocycles. The molecule has 0 bridgehead atoms. The van der Waals surface area contributed by atoms with E-state index in [1.165, 1.54) is 60.7 Å². The zero-order valence-electron chi connectivity index (χ0n) is 76.6. The number of nitrogens with two attached hydrogens (primary N) is 1. The maximum atomic E-state index is 14.9. The number of aliphatic hydroxyl groups excluding tert-OH is 4. The molecule has 4 aromatic rings. The van der Waals surface area contributed by atoms with Gasteiger partial charge in [0.15, 0.2) is 34.7 Å². The van der Waals surface area contributed by atoms with Crippen LogP contribution in [0.2, 0.25) is 0 Å². The van der Waals surface area contributed by atoms with Gasteiger partial charge >= 0.3 is 17.9 Å². The zero-order chi connectivity index (χ0) is 99.8. The van der Waals surface area contributed by atoms with Crippen molar-refractivity contribution >= 4 is 117 Å². The predicted molar refractivity (Wildman–Crippen MR) is 482 cm³/mol. The second kappa shape index (κ2) is 56.5. The highest BCUT2D eigenvalue weighted by Crippen LogP contribution is 2.28. The lowest BCUT2D eigenvalue weighted by Crippen LogP contribution is -2.52. The highest BCUT2D eigenvalue weighted by Gasteiger charge is 2.42. The van der Waals surface area contributed by atoms with Crippen molar-refractivity contribution in [1.29, 1.82) is 0 Å². The summed E-state index contributed by atoms with van der Waals surface area (Å²) in [6.45, 7) is 8.08. The molecule has 732 valence electrons. The first-order chi connectivity index (χ1) is 63.4. The number of hydrogen-bond donors (Lipinski definition) is 17. The fourth-order valence-electron chi connectivity index (χ4n) is 15.6. The van der Waals surface area contributed by atoms with Gasteiger partial charge in [-0.25, -0.2) is 0 Å². The lowest BCUT2D eigenvalue weighted by molar-refractivity contribution is -0.143. The van der Waals surface area contributed by atoms with Gasteiger partial charge in [0.05, 0.1) is 116 Å². The molecule has 16 atom stereocenters. The molecule has 38 nitrogen and oxygen atoms in total. The second-order valence-corrected chi connectivity index (χ2v) is 35.1. The molecule has 18 N–H and O–H groups in total. The first kappa shape index (κ1) is 112. The highest BCUT2D eigenvalue weighted by molar-refractivity contribution is 6.21. The number of amides is 9. The van der Waals surface area contributed by atoms with E-state index in [1.807, 2.05) is 0 Å². The Bertz CT molecular complexity index is 4710. The fraction of sp³-hybridized carbons (Fsp3) is 0.542. The van der Waals surface area contributed by atoms with Gasteiger partial charge < -0.3 is 88.9 Å². The molecule has 1 heterocycles. The molecule has 0 aliphatic carbocycles. The molecular weight excluding hydrogens is 1740 g/mol. The number of fused-ring (bicyclic) bond motifs is 1. The van der Waals surface area contributed by atoms with Crippen LogP contribution in [-0.4, -0.2) is 250 Å². The third kappa shape index (κ3) is 37.9. The van der Waals surface area contributed by atoms with Gasteiger partial charge in [0.1, 0.15) is 29.1 Å². The van der Waals surface area contributed by atoms with Gasteiger partial charge in [-0.05, 0) is 150 Å². The van der Waals surface area contributed by atoms with Gasteiger partial charge in [-0.15, -0.1) is 0 Å². The van der Waals surface area contributed by atoms with Crippen LogP contribution >= 0.6 is 0 Å². The van der Waals surface area contributed by atoms with Gasteiger partial charge in [-0.2, -0.15) is 0 Å². The number of nitrogens with zero attached hydrogens (tertiary/aromatic N) is 1. The van der Waals surface area contributed by atoms with E-state index < -0.39 is 316 Å². The molecule has 0 spiro atoms. The van der Waals surface area contributed by atoms with Gasteiger partial charge in [-0.1, -0.05) is 107 Å². The van der Waals surface area contributed by atoms with Crippen molar-refractivity contribution in [2.45, 2.75) is 245 Å². The number of nitrogens with one attached hydrogen (secondary N) is 7. The Morgan fingerprint density at radius 2 is 0.851 bits per heavy atom. The van der Waals surface area contributed by atoms with Crippen molar-refractivity contribution in [2.24, 2.45) is 59.0 Å². The zero-order valence-corrected chi connectivity index (χ0v) is 76.6. The Labute approximate surface area is 776 Å². The van der Waals surface area contributed by atoms with Gasteiger partial charge in [-0.3, -0.25) is 101 Å². The number of carbonyl (C=O) groups is 20. The summed E-state index contributed by atoms with van der Waals surface area (Å²) in [6.07, 6.45) is -10.9. The number of phenolic OH excluding ortho intramolecular Hbond substituents is 2. The van der Waals surface area contributed by atoms with Crippen LogP contribution in [0.15, 0.2) is 103 Å². The quantitative estimate of drug-likeness (QED) is 0.0171. The summed E-state index contributed by atoms with van der Waals surface area (Å²) in [6, 6.07) is 16.6. The molecule has 0 unspecified atom stereocenters. The Balaban J connectivity index is 1.29. The average molecular weight is 1870 g/mol. The number of aromatic hydroxyl groups is 2. The smallest absolute Gasteiger partial charge is 0.304 e. The average Bonchev–Trinajstić information content (AvgIpc) is 1.64. The van der Waals surface area contributed by atoms with Crippen molar-refractivity contribution < 1.29 is 142 Å². The molecule has 0 radical (unpaired) electrons. The number of imide groups is 1. The van der Waals surface area contributed by atoms with Crippen molar-refractivity contribution in [3.8, 4) is 11.5 Å². The minimum absolute atomic E-state index is 0.0135. The number of carboxylic acids is 3. The molecule has 0 fully saturated rings. The summed E-state index contributed by atoms with van der Waals surface area (Å²) in [7, 11) is 0. The SMILES string of the molecule is CC[C@H](C)[C@H](NC(=O)[C@H](CO)CC(=O)[C@H](Cc1ccc(O)cc1)NC(=O)[C@H](CC(=O)O)CC(=O)[C@H](CO)NC(=O)[C@@H](CC(=O)[C@H](Cc1ccccc1)NC(=O)[C@@H](CC(=O)CNC(=O)[C@H](CCC(=O)O)CC(=O)CC(=O)CCCCN1C(=O)c2ccccc2C1=O)[C@@H](C)O)[C@@H](C)O)C(=O)C[C@@H](Cc1ccc(O)cc1)C(=O)N[C@@H](CC(C)C)C(=O)C[C@@H](CC(=O)O)C(=O)N[C@H](C)CCCCN. The summed E-state index contributed by atoms with van der Waals surface area (Å²) in [5.74, 6) is -31.5. The standard InChI is InChI=1S/C96H129N9O29/c1-8-54(4)87(83(119)43-62(37-59-24-29-66(110)30-25-59)90(128)100-75(36-53(2)3)79(115)41-63(45-85(122)123)89(127)99-55(5)18-14-16-34-97)104-92(130)65(51-106)44-80(116)76(39-60-26-31-67(111)32-27-60)101-91(129)64(46-86(124)125)42-81(117)78(52-107)103-94(132)74(57(7)109)49-82(118)77(38-58-19-10-9-11-20-58)102-93(131)73(56(6)108)48-70(114)50-98-88(126)61(28-33-84(120)121)40-69(113)47-68(112)21-15-17-35-105-95(133)71-22-12-13-23-72(71)96(105)134/h9-13,19-20,22-27,29-32,53-57,61-65,73-78,87,106-111H,8,14-18,21,28,33-52,97H2,1-7H3,(H,98,126)(H,99,127)(H,100,128)(H,101,129)(H,102,131)(H,103,132)(H,104,130)(H,120,121)(H,122,123)(H,124,125)/t54-,55+,56+,57+,61+,62+,63-,64-,65-,73-,74-,75-,76-,77-,78-,87-/m0/s1. The third-order valence-electron chi connectivity index (χ3n) is 23.5. The summed E-state index contributed by atoms with van der Waals surface area (Å²) < 4.78 is 0. The largest absolute Gasteiger partial charge is 0.508 e. The van der Waals surface area contributed by atoms with Crippen molar-refractivity contribution in [1.82, 2.24) is 42.1 Å². The Morgan fingerprint density at radius 1 is 0.396 bits per heavy atom. The molecule has 0 saturated heterocycles. The van der Waals surface area contributed by atoms with Crippen LogP contribution in [0, 0.1) is 53.3 Å². The van der Waals surface area contributed by atoms with Crippen molar-refractivity contribution in [3.05, 3.63) is 131 Å². The molecule has 1 aliphatic heterocycles. The molecule has 9 amide bonds. The third-order valence-corrected chi connectivity index (χ3v) is 23.5. The van der Waals surface area contributed by atoms with Crippen molar-refractivity contribution in [3.63, 3.8) is 0 Å². The topological polar surface area (TPSA) is 637 Å². The van der Waals surface area contributed by atoms with Crippen LogP contribution in [-0.2, 0) is 106 Å². The van der Waals surface area contributed by atoms with Gasteiger partial charge in [0, 0.05) is 82.2 Å². The van der Waals surface area contributed by atoms with E-state index in [-0.39, 0.29) is 85.6 Å². The number of hydrogen-bond acceptors (Lipinski definition) is 27. The fourth-order valence-corrected chi connectivity index (χ4v) is 15.6. The number of unbranched alkanes of at least 4 members (excludes halogenated alkanes) is 2. The molecule has 5 rings (SSSR count). The lowest BCUT2D eigenvalue weighted by atomic mass is 9.85. The molecule has 38 heteroatoms. The van der Waals surface area contributed by atoms with E-state index in [4.69, 9.17) is 5.73 Å². The number of aliphatic hydroxyl groups is 4. The van der Waals surface area contributed by atoms with E-state index in [0.717, 1.165) is 18.7 Å². The molecular formula is C96H129N9O29. The summed E-state index contributed by atoms with van der Waals surface area (Å²) in [5, 5.41) is 111. The van der Waals surface area contributed by atoms with E-state index in [0.29, 0.717) is 36.9 Å². The number of carbonyl (C=O) groups excluding carboxylic acids is 17. The Hall–Kier alpha value is -12.5. The van der Waals surface area contributed by atoms with Crippen LogP contribution in [0.1, 0.15) is 214 Å². The van der Waals surface area contributed by atoms with Crippen LogP contribution in [0.4, 0.5) is 0 Å². The van der Waals surface area contributed by atoms with Crippen LogP contribution in [0.5, 0.6) is 11.5 Å². The number of Topliss-reactive ketones (excluding diaryl/α,β-unsaturated/α-hetero) is 8. The maximum Gasteiger partial charge on any atom is 0.304 e. The normalized spacial score (nSPS) is 15.4. The number of phenols is 2. The predicted octanol–water partition coefficient (Wildman–Crippen LogP) is 3.41. The van der Waals surface area contributed by atoms with E-state index in [9.17, 15) is 142 Å². The number of benzene rings is 4. The molecule has 0 aromatic heterocycles. The van der Waals surface area contributed by atoms with E-state index in [1.54, 1.807) is 77.1 Å². The van der Waals surface area contributed by atoms with Gasteiger partial charge in [0.2, 0.25) is 41.4 Å². The summed E-state index contributed by atoms with van der Waals surface area (Å²) in [5.41, 5.74) is 7.26. The number of ketones is 8. The first-order valence-electron chi connectivity index (χ1n) is 45.1. The maximum absolute atomic E-state index is 14.9. The molecule has 134 heavy (non-hydrogen) atoms. The number of aliphatic carboxylic acids is 3. The van der Waals surface area contributed by atoms with E-state index in [2.05, 4.69) is 37.2 Å². The molecule has 1 aliphatic rings. The number of carboxylic acid groups (broad SMARTS) is 3. The Kier molecular flexibility index (Phi) is 47.2. The van der Waals surface area contributed by atoms with Crippen LogP contribution in [0.25, 0.3) is 0 Å².